The maximum Gasteiger partial charge on any atom is 0.312 e. The number of ether oxygens (including phenoxy) is 1. The number of hydrogen-bond acceptors (Lipinski definition) is 5. The van der Waals surface area contributed by atoms with Gasteiger partial charge in [-0.1, -0.05) is 47.6 Å². The molecule has 0 aliphatic heterocycles. The lowest BCUT2D eigenvalue weighted by atomic mass is 10.1. The third-order valence-corrected chi connectivity index (χ3v) is 4.69. The molecule has 2 atom stereocenters. The Bertz CT molecular complexity index is 814. The molecule has 128 valence electrons. The third-order valence-electron chi connectivity index (χ3n) is 4.69. The van der Waals surface area contributed by atoms with E-state index in [0.717, 1.165) is 18.6 Å². The fraction of sp³-hybridized carbons (Fsp3) is 0.300. The summed E-state index contributed by atoms with van der Waals surface area (Å²) in [6, 6.07) is 18.8. The normalized spacial score (nSPS) is 18.9. The van der Waals surface area contributed by atoms with E-state index in [9.17, 15) is 0 Å². The summed E-state index contributed by atoms with van der Waals surface area (Å²) in [5.74, 6) is 2.85. The Morgan fingerprint density at radius 2 is 1.84 bits per heavy atom. The first-order valence-corrected chi connectivity index (χ1v) is 8.62. The molecule has 2 N–H and O–H groups in total. The zero-order valence-electron chi connectivity index (χ0n) is 14.0. The van der Waals surface area contributed by atoms with Crippen LogP contribution in [-0.2, 0) is 13.0 Å². The van der Waals surface area contributed by atoms with Crippen LogP contribution in [0.25, 0.3) is 0 Å². The maximum atomic E-state index is 5.84. The fourth-order valence-electron chi connectivity index (χ4n) is 3.20. The highest BCUT2D eigenvalue weighted by Crippen LogP contribution is 2.50. The van der Waals surface area contributed by atoms with Gasteiger partial charge in [-0.05, 0) is 47.9 Å². The Kier molecular flexibility index (Phi) is 4.37. The van der Waals surface area contributed by atoms with E-state index in [1.165, 1.54) is 17.5 Å². The number of aromatic nitrogens is 2. The van der Waals surface area contributed by atoms with Gasteiger partial charge in [-0.25, -0.2) is 0 Å². The van der Waals surface area contributed by atoms with Crippen LogP contribution < -0.4 is 10.5 Å². The smallest absolute Gasteiger partial charge is 0.312 e. The van der Waals surface area contributed by atoms with E-state index in [1.807, 2.05) is 18.2 Å². The van der Waals surface area contributed by atoms with E-state index in [2.05, 4.69) is 46.6 Å². The molecule has 1 heterocycles. The van der Waals surface area contributed by atoms with Crippen molar-refractivity contribution in [2.45, 2.75) is 31.8 Å². The van der Waals surface area contributed by atoms with Crippen LogP contribution in [0.2, 0.25) is 0 Å². The van der Waals surface area contributed by atoms with Gasteiger partial charge in [0.25, 0.3) is 0 Å². The number of benzene rings is 2. The third kappa shape index (κ3) is 3.99. The summed E-state index contributed by atoms with van der Waals surface area (Å²) < 4.78 is 11.1. The molecule has 5 heteroatoms. The van der Waals surface area contributed by atoms with E-state index in [0.29, 0.717) is 24.3 Å². The lowest BCUT2D eigenvalue weighted by molar-refractivity contribution is 0.306. The number of rotatable bonds is 7. The molecule has 1 aliphatic carbocycles. The molecule has 0 bridgehead atoms. The van der Waals surface area contributed by atoms with Crippen LogP contribution in [0.15, 0.2) is 59.0 Å². The number of nitrogens with two attached hydrogens (primary N) is 1. The number of aryl methyl sites for hydroxylation is 1. The molecule has 0 saturated heterocycles. The molecule has 0 unspecified atom stereocenters. The van der Waals surface area contributed by atoms with Gasteiger partial charge in [0.15, 0.2) is 0 Å². The highest BCUT2D eigenvalue weighted by Gasteiger charge is 2.37. The van der Waals surface area contributed by atoms with Crippen LogP contribution in [0, 0.1) is 5.92 Å². The summed E-state index contributed by atoms with van der Waals surface area (Å²) >= 11 is 0. The molecule has 0 amide bonds. The van der Waals surface area contributed by atoms with Gasteiger partial charge >= 0.3 is 6.01 Å². The van der Waals surface area contributed by atoms with Crippen molar-refractivity contribution in [2.24, 2.45) is 5.92 Å². The summed E-state index contributed by atoms with van der Waals surface area (Å²) in [5.41, 5.74) is 8.00. The maximum absolute atomic E-state index is 5.84. The van der Waals surface area contributed by atoms with Gasteiger partial charge in [0.05, 0.1) is 0 Å². The van der Waals surface area contributed by atoms with Crippen molar-refractivity contribution in [2.75, 3.05) is 5.73 Å². The standard InChI is InChI=1S/C20H21N3O2/c21-20-23-22-19(25-20)11-8-16-12-18(16)15-6-9-17(10-7-15)24-13-14-4-2-1-3-5-14/h1-7,9-10,16,18H,8,11-13H2,(H2,21,23)/t16-,18+/m0/s1. The van der Waals surface area contributed by atoms with Crippen LogP contribution in [0.1, 0.15) is 35.8 Å². The zero-order chi connectivity index (χ0) is 17.1. The molecular formula is C20H21N3O2. The molecule has 1 saturated carbocycles. The first-order valence-electron chi connectivity index (χ1n) is 8.62. The average Bonchev–Trinajstić information content (AvgIpc) is 3.32. The van der Waals surface area contributed by atoms with Crippen LogP contribution in [0.5, 0.6) is 5.75 Å². The van der Waals surface area contributed by atoms with Gasteiger partial charge < -0.3 is 14.9 Å². The molecule has 3 aromatic rings. The van der Waals surface area contributed by atoms with Crippen molar-refractivity contribution in [1.29, 1.82) is 0 Å². The minimum Gasteiger partial charge on any atom is -0.489 e. The number of hydrogen-bond donors (Lipinski definition) is 1. The number of nitrogens with zero attached hydrogens (tertiary/aromatic N) is 2. The Morgan fingerprint density at radius 1 is 1.04 bits per heavy atom. The van der Waals surface area contributed by atoms with Crippen LogP contribution in [0.4, 0.5) is 6.01 Å². The highest BCUT2D eigenvalue weighted by atomic mass is 16.5. The molecule has 0 spiro atoms. The summed E-state index contributed by atoms with van der Waals surface area (Å²) in [6.07, 6.45) is 3.07. The van der Waals surface area contributed by atoms with Crippen LogP contribution >= 0.6 is 0 Å². The molecule has 25 heavy (non-hydrogen) atoms. The van der Waals surface area contributed by atoms with E-state index < -0.39 is 0 Å². The predicted octanol–water partition coefficient (Wildman–Crippen LogP) is 3.97. The molecule has 5 nitrogen and oxygen atoms in total. The van der Waals surface area contributed by atoms with Gasteiger partial charge in [-0.3, -0.25) is 0 Å². The predicted molar refractivity (Wildman–Crippen MR) is 95.1 cm³/mol. The van der Waals surface area contributed by atoms with E-state index >= 15 is 0 Å². The summed E-state index contributed by atoms with van der Waals surface area (Å²) in [4.78, 5) is 0. The summed E-state index contributed by atoms with van der Waals surface area (Å²) in [6.45, 7) is 0.597. The van der Waals surface area contributed by atoms with E-state index in [1.54, 1.807) is 0 Å². The number of nitrogen functional groups attached to an aromatic ring is 1. The Hall–Kier alpha value is -2.82. The fourth-order valence-corrected chi connectivity index (χ4v) is 3.20. The number of anilines is 1. The molecule has 0 radical (unpaired) electrons. The van der Waals surface area contributed by atoms with E-state index in [4.69, 9.17) is 14.9 Å². The second kappa shape index (κ2) is 6.97. The SMILES string of the molecule is Nc1nnc(CC[C@H]2C[C@@H]2c2ccc(OCc3ccccc3)cc2)o1. The Labute approximate surface area is 146 Å². The van der Waals surface area contributed by atoms with E-state index in [-0.39, 0.29) is 6.01 Å². The molecule has 1 aliphatic rings. The van der Waals surface area contributed by atoms with Crippen LogP contribution in [0.3, 0.4) is 0 Å². The second-order valence-electron chi connectivity index (χ2n) is 6.52. The highest BCUT2D eigenvalue weighted by molar-refractivity contribution is 5.33. The monoisotopic (exact) mass is 335 g/mol. The average molecular weight is 335 g/mol. The largest absolute Gasteiger partial charge is 0.489 e. The van der Waals surface area contributed by atoms with Crippen molar-refractivity contribution < 1.29 is 9.15 Å². The Morgan fingerprint density at radius 3 is 2.56 bits per heavy atom. The lowest BCUT2D eigenvalue weighted by Gasteiger charge is -2.07. The topological polar surface area (TPSA) is 74.2 Å². The Balaban J connectivity index is 1.26. The van der Waals surface area contributed by atoms with Gasteiger partial charge in [-0.15, -0.1) is 5.10 Å². The minimum atomic E-state index is 0.147. The van der Waals surface area contributed by atoms with Crippen molar-refractivity contribution in [1.82, 2.24) is 10.2 Å². The summed E-state index contributed by atoms with van der Waals surface area (Å²) in [7, 11) is 0. The van der Waals surface area contributed by atoms with Crippen molar-refractivity contribution in [3.05, 3.63) is 71.6 Å². The second-order valence-corrected chi connectivity index (χ2v) is 6.52. The first kappa shape index (κ1) is 15.7. The molecule has 1 aromatic heterocycles. The van der Waals surface area contributed by atoms with Gasteiger partial charge in [0.2, 0.25) is 5.89 Å². The first-order chi connectivity index (χ1) is 12.3. The minimum absolute atomic E-state index is 0.147. The lowest BCUT2D eigenvalue weighted by Crippen LogP contribution is -1.95. The van der Waals surface area contributed by atoms with Crippen molar-refractivity contribution >= 4 is 6.01 Å². The van der Waals surface area contributed by atoms with Gasteiger partial charge in [0.1, 0.15) is 12.4 Å². The molecule has 2 aromatic carbocycles. The van der Waals surface area contributed by atoms with Crippen molar-refractivity contribution in [3.63, 3.8) is 0 Å². The zero-order valence-corrected chi connectivity index (χ0v) is 14.0. The summed E-state index contributed by atoms with van der Waals surface area (Å²) in [5, 5.41) is 7.60. The van der Waals surface area contributed by atoms with Gasteiger partial charge in [-0.2, -0.15) is 0 Å². The van der Waals surface area contributed by atoms with Crippen LogP contribution in [-0.4, -0.2) is 10.2 Å². The van der Waals surface area contributed by atoms with Crippen molar-refractivity contribution in [3.8, 4) is 5.75 Å². The van der Waals surface area contributed by atoms with Gasteiger partial charge in [0, 0.05) is 6.42 Å². The molecule has 1 fully saturated rings. The quantitative estimate of drug-likeness (QED) is 0.707. The molecular weight excluding hydrogens is 314 g/mol. The molecule has 4 rings (SSSR count).